The van der Waals surface area contributed by atoms with Gasteiger partial charge in [-0.1, -0.05) is 20.3 Å². The molecule has 0 bridgehead atoms. The molecule has 2 aromatic rings. The molecule has 0 spiro atoms. The number of quaternary nitrogens is 2. The molecule has 1 aromatic carbocycles. The number of nitrogens with zero attached hydrogens (tertiary/aromatic N) is 1. The molecule has 0 saturated heterocycles. The number of aromatic nitrogens is 1. The van der Waals surface area contributed by atoms with E-state index >= 15 is 0 Å². The van der Waals surface area contributed by atoms with E-state index in [2.05, 4.69) is 38.3 Å². The molecular weight excluding hydrogens is 294 g/mol. The van der Waals surface area contributed by atoms with Crippen LogP contribution in [0.5, 0.6) is 5.75 Å². The van der Waals surface area contributed by atoms with Crippen LogP contribution in [-0.2, 0) is 6.42 Å². The summed E-state index contributed by atoms with van der Waals surface area (Å²) in [5, 5.41) is 1.16. The summed E-state index contributed by atoms with van der Waals surface area (Å²) in [5.41, 5.74) is 11.6. The van der Waals surface area contributed by atoms with Crippen LogP contribution in [0.25, 0.3) is 10.9 Å². The lowest BCUT2D eigenvalue weighted by atomic mass is 10.1. The van der Waals surface area contributed by atoms with Gasteiger partial charge in [-0.3, -0.25) is 16.5 Å². The first kappa shape index (κ1) is 17.1. The number of rotatable bonds is 7. The molecule has 0 aliphatic rings. The maximum atomic E-state index is 5.79. The quantitative estimate of drug-likeness (QED) is 0.606. The Bertz CT molecular complexity index is 643. The fraction of sp³-hybridized carbons (Fsp3) is 0.471. The average Bonchev–Trinajstić information content (AvgIpc) is 2.48. The van der Waals surface area contributed by atoms with E-state index in [1.54, 1.807) is 11.8 Å². The zero-order valence-electron chi connectivity index (χ0n) is 13.8. The van der Waals surface area contributed by atoms with Gasteiger partial charge in [-0.2, -0.15) is 0 Å². The summed E-state index contributed by atoms with van der Waals surface area (Å²) in [7, 11) is 0. The van der Waals surface area contributed by atoms with Gasteiger partial charge in [0, 0.05) is 27.7 Å². The third-order valence-corrected chi connectivity index (χ3v) is 4.50. The third-order valence-electron chi connectivity index (χ3n) is 3.47. The van der Waals surface area contributed by atoms with Gasteiger partial charge in [0.05, 0.1) is 12.1 Å². The van der Waals surface area contributed by atoms with Crippen LogP contribution in [0.3, 0.4) is 0 Å². The standard InChI is InChI=1S/C17H25N3OS/c1-4-6-13-11(3)20-15-8-7-12(21-9-5-2)10-14(15)16(13)22-17(18)19/h7-8,10,17H,4-6,9,18-19H2,1-3H3/p+2. The minimum atomic E-state index is 0.0563. The number of ether oxygens (including phenoxy) is 1. The third kappa shape index (κ3) is 3.91. The second-order valence-electron chi connectivity index (χ2n) is 5.52. The molecule has 0 aliphatic heterocycles. The molecule has 0 aliphatic carbocycles. The predicted octanol–water partition coefficient (Wildman–Crippen LogP) is 2.14. The van der Waals surface area contributed by atoms with Gasteiger partial charge >= 0.3 is 0 Å². The highest BCUT2D eigenvalue weighted by atomic mass is 32.2. The zero-order chi connectivity index (χ0) is 16.1. The van der Waals surface area contributed by atoms with Crippen molar-refractivity contribution in [3.8, 4) is 5.75 Å². The summed E-state index contributed by atoms with van der Waals surface area (Å²) < 4.78 is 5.79. The molecule has 4 nitrogen and oxygen atoms in total. The molecule has 0 saturated carbocycles. The molecule has 1 aromatic heterocycles. The maximum absolute atomic E-state index is 5.79. The van der Waals surface area contributed by atoms with E-state index in [-0.39, 0.29) is 5.50 Å². The molecule has 1 heterocycles. The summed E-state index contributed by atoms with van der Waals surface area (Å²) in [6.07, 6.45) is 3.14. The van der Waals surface area contributed by atoms with Gasteiger partial charge in [0.25, 0.3) is 5.50 Å². The molecule has 0 fully saturated rings. The van der Waals surface area contributed by atoms with Gasteiger partial charge in [-0.05, 0) is 43.5 Å². The van der Waals surface area contributed by atoms with Gasteiger partial charge in [0.1, 0.15) is 5.75 Å². The molecule has 22 heavy (non-hydrogen) atoms. The minimum absolute atomic E-state index is 0.0563. The van der Waals surface area contributed by atoms with E-state index in [0.717, 1.165) is 48.2 Å². The largest absolute Gasteiger partial charge is 0.494 e. The lowest BCUT2D eigenvalue weighted by molar-refractivity contribution is -0.619. The van der Waals surface area contributed by atoms with Crippen LogP contribution >= 0.6 is 11.8 Å². The Labute approximate surface area is 136 Å². The lowest BCUT2D eigenvalue weighted by Gasteiger charge is -2.15. The average molecular weight is 321 g/mol. The van der Waals surface area contributed by atoms with Crippen molar-refractivity contribution in [1.82, 2.24) is 4.98 Å². The van der Waals surface area contributed by atoms with Gasteiger partial charge in [0.2, 0.25) is 0 Å². The van der Waals surface area contributed by atoms with E-state index in [0.29, 0.717) is 0 Å². The zero-order valence-corrected chi connectivity index (χ0v) is 14.6. The molecule has 5 heteroatoms. The summed E-state index contributed by atoms with van der Waals surface area (Å²) in [6.45, 7) is 7.15. The Morgan fingerprint density at radius 1 is 1.23 bits per heavy atom. The van der Waals surface area contributed by atoms with Crippen LogP contribution in [0.1, 0.15) is 37.9 Å². The van der Waals surface area contributed by atoms with Gasteiger partial charge in [0.15, 0.2) is 0 Å². The summed E-state index contributed by atoms with van der Waals surface area (Å²) in [4.78, 5) is 6.04. The number of benzene rings is 1. The molecule has 0 radical (unpaired) electrons. The predicted molar refractivity (Wildman–Crippen MR) is 91.7 cm³/mol. The van der Waals surface area contributed by atoms with Crippen molar-refractivity contribution < 1.29 is 16.2 Å². The Hall–Kier alpha value is -1.30. The van der Waals surface area contributed by atoms with Crippen molar-refractivity contribution in [2.24, 2.45) is 0 Å². The number of fused-ring (bicyclic) bond motifs is 1. The topological polar surface area (TPSA) is 77.4 Å². The number of pyridine rings is 1. The van der Waals surface area contributed by atoms with Crippen LogP contribution < -0.4 is 16.2 Å². The Morgan fingerprint density at radius 2 is 2.00 bits per heavy atom. The van der Waals surface area contributed by atoms with E-state index in [1.165, 1.54) is 10.5 Å². The van der Waals surface area contributed by atoms with Gasteiger partial charge < -0.3 is 4.74 Å². The SMILES string of the molecule is CCCOc1ccc2nc(C)c(CCC)c(SC([NH3+])[NH3+])c2c1. The summed E-state index contributed by atoms with van der Waals surface area (Å²) in [6, 6.07) is 6.17. The van der Waals surface area contributed by atoms with Crippen LogP contribution in [0, 0.1) is 6.92 Å². The highest BCUT2D eigenvalue weighted by molar-refractivity contribution is 7.99. The Morgan fingerprint density at radius 3 is 2.64 bits per heavy atom. The van der Waals surface area contributed by atoms with E-state index in [4.69, 9.17) is 9.72 Å². The van der Waals surface area contributed by atoms with Crippen LogP contribution in [0.4, 0.5) is 0 Å². The summed E-state index contributed by atoms with van der Waals surface area (Å²) in [5.74, 6) is 0.911. The number of aryl methyl sites for hydroxylation is 1. The second kappa shape index (κ2) is 7.81. The molecule has 2 rings (SSSR count). The number of hydrogen-bond acceptors (Lipinski definition) is 3. The molecule has 0 amide bonds. The highest BCUT2D eigenvalue weighted by Gasteiger charge is 2.17. The van der Waals surface area contributed by atoms with Crippen LogP contribution in [-0.4, -0.2) is 17.1 Å². The van der Waals surface area contributed by atoms with Gasteiger partial charge in [-0.25, -0.2) is 0 Å². The van der Waals surface area contributed by atoms with E-state index < -0.39 is 0 Å². The number of hydrogen-bond donors (Lipinski definition) is 2. The first-order valence-corrected chi connectivity index (χ1v) is 8.83. The molecule has 6 N–H and O–H groups in total. The van der Waals surface area contributed by atoms with E-state index in [1.807, 2.05) is 12.1 Å². The first-order valence-electron chi connectivity index (χ1n) is 7.95. The van der Waals surface area contributed by atoms with Crippen LogP contribution in [0.2, 0.25) is 0 Å². The normalized spacial score (nSPS) is 11.4. The van der Waals surface area contributed by atoms with Crippen molar-refractivity contribution in [3.05, 3.63) is 29.5 Å². The van der Waals surface area contributed by atoms with Crippen molar-refractivity contribution in [2.75, 3.05) is 6.61 Å². The Balaban J connectivity index is 2.59. The summed E-state index contributed by atoms with van der Waals surface area (Å²) >= 11 is 1.72. The lowest BCUT2D eigenvalue weighted by Crippen LogP contribution is -2.82. The minimum Gasteiger partial charge on any atom is -0.494 e. The van der Waals surface area contributed by atoms with Crippen molar-refractivity contribution in [3.63, 3.8) is 0 Å². The second-order valence-corrected chi connectivity index (χ2v) is 6.83. The fourth-order valence-electron chi connectivity index (χ4n) is 2.52. The van der Waals surface area contributed by atoms with Crippen molar-refractivity contribution in [2.45, 2.75) is 50.4 Å². The van der Waals surface area contributed by atoms with Crippen molar-refractivity contribution in [1.29, 1.82) is 0 Å². The van der Waals surface area contributed by atoms with Crippen LogP contribution in [0.15, 0.2) is 23.1 Å². The highest BCUT2D eigenvalue weighted by Crippen LogP contribution is 2.35. The molecule has 0 atom stereocenters. The smallest absolute Gasteiger partial charge is 0.260 e. The number of thioether (sulfide) groups is 1. The fourth-order valence-corrected chi connectivity index (χ4v) is 3.54. The molecular formula is C17H27N3OS+2. The maximum Gasteiger partial charge on any atom is 0.260 e. The van der Waals surface area contributed by atoms with E-state index in [9.17, 15) is 0 Å². The molecule has 120 valence electrons. The molecule has 0 unspecified atom stereocenters. The Kier molecular flexibility index (Phi) is 6.06. The first-order chi connectivity index (χ1) is 10.6. The monoisotopic (exact) mass is 321 g/mol. The van der Waals surface area contributed by atoms with Crippen molar-refractivity contribution >= 4 is 22.7 Å². The van der Waals surface area contributed by atoms with Gasteiger partial charge in [-0.15, -0.1) is 0 Å².